The number of amides is 1. The van der Waals surface area contributed by atoms with Crippen molar-refractivity contribution in [2.45, 2.75) is 115 Å². The Morgan fingerprint density at radius 3 is 1.28 bits per heavy atom. The largest absolute Gasteiger partial charge is 0.477 e. The number of carbonyl (C=O) groups excluding carboxylic acids is 1. The standard InChI is InChI=1S/C24H19F6N3O2.C13H15F3N2.C11H6F3NO3.2CH4.2ClH/c25-23(26,27)16-2-1-3-19-20(16)21(34)15(11-31-19)22(35)32-18-9-8-14(10-17(18)24(28,29)30)33-12-4-5-13(33)7-6-12;14-13(15,16)11-7-10(5-6-12(11)17)18-8-1-2-9(18)4-3-8;12-11(13,14)6-2-1-3-7-8(6)9(16)5(4-15-7)10(17)18;;;;/h1-3,8-13H,4-7H2,(H,31,34)(H,32,35);5-9H,1-4,17H2;1-4H,(H,15,16)(H,17,18);2*1H4;2*1H. The van der Waals surface area contributed by atoms with Crippen LogP contribution >= 0.6 is 24.8 Å². The smallest absolute Gasteiger partial charge is 0.418 e. The zero-order valence-corrected chi connectivity index (χ0v) is 39.1. The number of nitrogens with two attached hydrogens (primary N) is 1. The number of nitrogens with one attached hydrogen (secondary N) is 3. The van der Waals surface area contributed by atoms with Gasteiger partial charge in [0.1, 0.15) is 11.1 Å². The number of alkyl halides is 12. The van der Waals surface area contributed by atoms with Crippen LogP contribution < -0.4 is 31.7 Å². The predicted octanol–water partition coefficient (Wildman–Crippen LogP) is 13.7. The molecular formula is C50H50Cl2F12N6O5. The molecule has 6 N–H and O–H groups in total. The maximum atomic E-state index is 13.9. The minimum absolute atomic E-state index is 0. The second-order valence-electron chi connectivity index (χ2n) is 17.5. The second-order valence-corrected chi connectivity index (χ2v) is 17.5. The molecule has 0 radical (unpaired) electrons. The Balaban J connectivity index is 0.000000259. The summed E-state index contributed by atoms with van der Waals surface area (Å²) in [6, 6.07) is 15.2. The molecule has 408 valence electrons. The Hall–Kier alpha value is -6.62. The SMILES string of the molecule is C.C.Cl.Cl.Nc1ccc(N2C3CCC2CC3)cc1C(F)(F)F.O=C(Nc1ccc(N2C3CCC2CC3)cc1C(F)(F)F)c1c[nH]c2cccc(C(F)(F)F)c2c1=O.O=C(O)c1c[nH]c2cccc(C(F)(F)F)c2c1=O. The molecule has 1 amide bonds. The predicted molar refractivity (Wildman–Crippen MR) is 266 cm³/mol. The number of aromatic carboxylic acids is 1. The minimum Gasteiger partial charge on any atom is -0.477 e. The summed E-state index contributed by atoms with van der Waals surface area (Å²) in [7, 11) is 0. The van der Waals surface area contributed by atoms with Gasteiger partial charge in [-0.25, -0.2) is 4.79 Å². The number of benzene rings is 4. The van der Waals surface area contributed by atoms with Crippen LogP contribution in [0.15, 0.2) is 94.8 Å². The average molecular weight is 1110 g/mol. The molecule has 0 unspecified atom stereocenters. The van der Waals surface area contributed by atoms with Crippen molar-refractivity contribution in [3.05, 3.63) is 139 Å². The first kappa shape index (κ1) is 60.9. The number of hydrogen-bond donors (Lipinski definition) is 5. The topological polar surface area (TPSA) is 165 Å². The van der Waals surface area contributed by atoms with E-state index in [1.165, 1.54) is 30.3 Å². The van der Waals surface area contributed by atoms with Gasteiger partial charge in [0, 0.05) is 64.7 Å². The monoisotopic (exact) mass is 1110 g/mol. The van der Waals surface area contributed by atoms with E-state index in [-0.39, 0.29) is 68.5 Å². The number of carboxylic acids is 1. The average Bonchev–Trinajstić information content (AvgIpc) is 4.11. The summed E-state index contributed by atoms with van der Waals surface area (Å²) in [6.45, 7) is 0. The third kappa shape index (κ3) is 12.2. The number of carbonyl (C=O) groups is 2. The number of halogens is 14. The Kier molecular flexibility index (Phi) is 18.4. The fourth-order valence-electron chi connectivity index (χ4n) is 10.2. The normalized spacial score (nSPS) is 18.6. The summed E-state index contributed by atoms with van der Waals surface area (Å²) in [5.74, 6) is -2.82. The summed E-state index contributed by atoms with van der Waals surface area (Å²) < 4.78 is 159. The van der Waals surface area contributed by atoms with Crippen molar-refractivity contribution in [2.24, 2.45) is 0 Å². The summed E-state index contributed by atoms with van der Waals surface area (Å²) >= 11 is 0. The Morgan fingerprint density at radius 2 is 0.893 bits per heavy atom. The molecule has 11 nitrogen and oxygen atoms in total. The Bertz CT molecular complexity index is 3140. The van der Waals surface area contributed by atoms with E-state index in [9.17, 15) is 71.9 Å². The van der Waals surface area contributed by atoms with Crippen LogP contribution in [0.4, 0.5) is 75.4 Å². The number of aromatic amines is 2. The molecule has 0 saturated carbocycles. The number of aromatic nitrogens is 2. The molecular weight excluding hydrogens is 1060 g/mol. The van der Waals surface area contributed by atoms with Gasteiger partial charge in [0.2, 0.25) is 10.9 Å². The zero-order chi connectivity index (χ0) is 51.5. The van der Waals surface area contributed by atoms with E-state index in [0.717, 1.165) is 94.1 Å². The van der Waals surface area contributed by atoms with Gasteiger partial charge in [-0.05, 0) is 112 Å². The second kappa shape index (κ2) is 22.7. The number of H-pyrrole nitrogens is 2. The lowest BCUT2D eigenvalue weighted by molar-refractivity contribution is -0.137. The van der Waals surface area contributed by atoms with Crippen molar-refractivity contribution in [3.8, 4) is 0 Å². The molecule has 0 atom stereocenters. The van der Waals surface area contributed by atoms with E-state index in [0.29, 0.717) is 29.5 Å². The van der Waals surface area contributed by atoms with Crippen LogP contribution in [0.5, 0.6) is 0 Å². The zero-order valence-electron chi connectivity index (χ0n) is 37.5. The molecule has 4 aliphatic heterocycles. The van der Waals surface area contributed by atoms with Crippen LogP contribution in [0.25, 0.3) is 21.8 Å². The molecule has 2 aromatic heterocycles. The van der Waals surface area contributed by atoms with Crippen molar-refractivity contribution in [3.63, 3.8) is 0 Å². The van der Waals surface area contributed by atoms with Gasteiger partial charge in [0.05, 0.1) is 38.7 Å². The van der Waals surface area contributed by atoms with Crippen LogP contribution in [0, 0.1) is 0 Å². The minimum atomic E-state index is -4.87. The maximum absolute atomic E-state index is 13.9. The lowest BCUT2D eigenvalue weighted by atomic mass is 10.0. The van der Waals surface area contributed by atoms with Gasteiger partial charge < -0.3 is 35.9 Å². The molecule has 75 heavy (non-hydrogen) atoms. The quantitative estimate of drug-likeness (QED) is 0.0841. The third-order valence-corrected chi connectivity index (χ3v) is 13.3. The molecule has 0 spiro atoms. The lowest BCUT2D eigenvalue weighted by Crippen LogP contribution is -2.29. The highest BCUT2D eigenvalue weighted by Crippen LogP contribution is 2.46. The number of nitrogen functional groups attached to an aromatic ring is 1. The third-order valence-electron chi connectivity index (χ3n) is 13.3. The molecule has 10 rings (SSSR count). The van der Waals surface area contributed by atoms with Gasteiger partial charge >= 0.3 is 30.7 Å². The number of carboxylic acid groups (broad SMARTS) is 1. The maximum Gasteiger partial charge on any atom is 0.418 e. The fourth-order valence-corrected chi connectivity index (χ4v) is 10.2. The van der Waals surface area contributed by atoms with E-state index in [1.54, 1.807) is 6.07 Å². The summed E-state index contributed by atoms with van der Waals surface area (Å²) in [6.07, 6.45) is -8.97. The van der Waals surface area contributed by atoms with Gasteiger partial charge in [0.25, 0.3) is 5.91 Å². The highest BCUT2D eigenvalue weighted by atomic mass is 35.5. The number of pyridine rings is 2. The first-order chi connectivity index (χ1) is 33.2. The molecule has 4 bridgehead atoms. The van der Waals surface area contributed by atoms with E-state index in [2.05, 4.69) is 20.2 Å². The number of anilines is 4. The number of fused-ring (bicyclic) bond motifs is 6. The fraction of sp³-hybridized carbons (Fsp3) is 0.360. The van der Waals surface area contributed by atoms with Crippen LogP contribution in [0.3, 0.4) is 0 Å². The molecule has 6 aromatic rings. The van der Waals surface area contributed by atoms with Gasteiger partial charge in [-0.15, -0.1) is 24.8 Å². The molecule has 0 aliphatic carbocycles. The van der Waals surface area contributed by atoms with Crippen LogP contribution in [0.1, 0.15) is 109 Å². The highest BCUT2D eigenvalue weighted by molar-refractivity contribution is 6.06. The van der Waals surface area contributed by atoms with Gasteiger partial charge in [-0.1, -0.05) is 27.0 Å². The molecule has 4 fully saturated rings. The van der Waals surface area contributed by atoms with Gasteiger partial charge in [-0.2, -0.15) is 52.7 Å². The molecule has 4 aliphatic rings. The number of hydrogen-bond acceptors (Lipinski definition) is 7. The van der Waals surface area contributed by atoms with Crippen molar-refractivity contribution in [1.82, 2.24) is 9.97 Å². The van der Waals surface area contributed by atoms with Gasteiger partial charge in [-0.3, -0.25) is 14.4 Å². The molecule has 4 saturated heterocycles. The lowest BCUT2D eigenvalue weighted by Gasteiger charge is -2.26. The summed E-state index contributed by atoms with van der Waals surface area (Å²) in [5, 5.41) is 9.37. The molecule has 4 aromatic carbocycles. The van der Waals surface area contributed by atoms with Gasteiger partial charge in [0.15, 0.2) is 0 Å². The van der Waals surface area contributed by atoms with Crippen LogP contribution in [-0.4, -0.2) is 51.1 Å². The Labute approximate surface area is 432 Å². The van der Waals surface area contributed by atoms with Crippen LogP contribution in [-0.2, 0) is 24.7 Å². The van der Waals surface area contributed by atoms with Crippen molar-refractivity contribution < 1.29 is 67.4 Å². The Morgan fingerprint density at radius 1 is 0.533 bits per heavy atom. The first-order valence-electron chi connectivity index (χ1n) is 22.0. The van der Waals surface area contributed by atoms with E-state index < -0.39 is 97.3 Å². The van der Waals surface area contributed by atoms with Crippen LogP contribution in [0.2, 0.25) is 0 Å². The first-order valence-corrected chi connectivity index (χ1v) is 22.0. The number of rotatable bonds is 5. The van der Waals surface area contributed by atoms with E-state index in [1.807, 2.05) is 4.90 Å². The van der Waals surface area contributed by atoms with E-state index in [4.69, 9.17) is 10.8 Å². The number of nitrogens with zero attached hydrogens (tertiary/aromatic N) is 2. The molecule has 25 heteroatoms. The van der Waals surface area contributed by atoms with Crippen molar-refractivity contribution >= 4 is 81.2 Å². The van der Waals surface area contributed by atoms with E-state index >= 15 is 0 Å². The van der Waals surface area contributed by atoms with Crippen molar-refractivity contribution in [1.29, 1.82) is 0 Å². The van der Waals surface area contributed by atoms with Crippen molar-refractivity contribution in [2.75, 3.05) is 20.9 Å². The summed E-state index contributed by atoms with van der Waals surface area (Å²) in [5.41, 5.74) is -2.54. The molecule has 6 heterocycles. The summed E-state index contributed by atoms with van der Waals surface area (Å²) in [4.78, 5) is 57.0. The highest BCUT2D eigenvalue weighted by Gasteiger charge is 2.43.